The molecular weight excluding hydrogens is 442 g/mol. The summed E-state index contributed by atoms with van der Waals surface area (Å²) >= 11 is 0. The topological polar surface area (TPSA) is 165 Å². The summed E-state index contributed by atoms with van der Waals surface area (Å²) in [5.74, 6) is -3.73. The molecule has 0 spiro atoms. The van der Waals surface area contributed by atoms with Crippen molar-refractivity contribution in [3.05, 3.63) is 59.7 Å². The number of hydroxylamine groups is 1. The van der Waals surface area contributed by atoms with Gasteiger partial charge in [0.1, 0.15) is 12.1 Å². The number of amides is 3. The quantitative estimate of drug-likeness (QED) is 0.212. The summed E-state index contributed by atoms with van der Waals surface area (Å²) in [5.41, 5.74) is 4.68. The number of carboxylic acid groups (broad SMARTS) is 1. The first-order chi connectivity index (χ1) is 16.2. The van der Waals surface area contributed by atoms with Crippen LogP contribution in [0.1, 0.15) is 42.6 Å². The lowest BCUT2D eigenvalue weighted by atomic mass is 10.0. The van der Waals surface area contributed by atoms with Crippen LogP contribution in [0, 0.1) is 0 Å². The van der Waals surface area contributed by atoms with Crippen molar-refractivity contribution < 1.29 is 34.6 Å². The summed E-state index contributed by atoms with van der Waals surface area (Å²) in [6, 6.07) is 11.9. The Hall–Kier alpha value is -3.76. The molecule has 0 bridgehead atoms. The van der Waals surface area contributed by atoms with Crippen LogP contribution in [0.5, 0.6) is 0 Å². The summed E-state index contributed by atoms with van der Waals surface area (Å²) in [5, 5.41) is 32.2. The summed E-state index contributed by atoms with van der Waals surface area (Å²) in [7, 11) is 0. The third kappa shape index (κ3) is 7.39. The van der Waals surface area contributed by atoms with E-state index in [2.05, 4.69) is 17.6 Å². The van der Waals surface area contributed by atoms with E-state index in [1.807, 2.05) is 24.3 Å². The maximum Gasteiger partial charge on any atom is 0.303 e. The number of hydrogen-bond acceptors (Lipinski definition) is 6. The standard InChI is InChI=1S/C24H29N3O7/c1-3-15-4-6-16(7-5-15)17-8-10-18(11-9-17)22(31)25-19(12-13-20(29)30)23(32)26-21(14(2)28)24(33)27-34/h4-11,14,19,21,28,34H,3,12-13H2,1-2H3,(H,25,31)(H,26,32)(H,27,33)(H,29,30)/t14?,19-,21-/m0/s1. The molecule has 0 radical (unpaired) electrons. The SMILES string of the molecule is CCc1ccc(-c2ccc(C(=O)N[C@@H](CCC(=O)O)C(=O)N[C@H](C(=O)NO)C(C)O)cc2)cc1. The van der Waals surface area contributed by atoms with Gasteiger partial charge >= 0.3 is 5.97 Å². The van der Waals surface area contributed by atoms with E-state index in [-0.39, 0.29) is 12.0 Å². The third-order valence-corrected chi connectivity index (χ3v) is 5.28. The van der Waals surface area contributed by atoms with Crippen LogP contribution in [0.3, 0.4) is 0 Å². The number of aliphatic hydroxyl groups excluding tert-OH is 1. The van der Waals surface area contributed by atoms with E-state index in [0.29, 0.717) is 0 Å². The molecule has 3 atom stereocenters. The zero-order valence-electron chi connectivity index (χ0n) is 18.9. The molecule has 2 aromatic rings. The number of benzene rings is 2. The molecule has 182 valence electrons. The Labute approximate surface area is 197 Å². The van der Waals surface area contributed by atoms with E-state index in [1.54, 1.807) is 24.3 Å². The fraction of sp³-hybridized carbons (Fsp3) is 0.333. The summed E-state index contributed by atoms with van der Waals surface area (Å²) in [4.78, 5) is 48.1. The summed E-state index contributed by atoms with van der Waals surface area (Å²) < 4.78 is 0. The number of nitrogens with one attached hydrogen (secondary N) is 3. The minimum Gasteiger partial charge on any atom is -0.481 e. The van der Waals surface area contributed by atoms with E-state index in [1.165, 1.54) is 18.0 Å². The first-order valence-corrected chi connectivity index (χ1v) is 10.8. The van der Waals surface area contributed by atoms with Gasteiger partial charge in [0.15, 0.2) is 0 Å². The van der Waals surface area contributed by atoms with Crippen LogP contribution in [0.25, 0.3) is 11.1 Å². The normalized spacial score (nSPS) is 13.3. The number of aryl methyl sites for hydroxylation is 1. The fourth-order valence-corrected chi connectivity index (χ4v) is 3.25. The van der Waals surface area contributed by atoms with Crippen LogP contribution >= 0.6 is 0 Å². The van der Waals surface area contributed by atoms with Gasteiger partial charge in [-0.25, -0.2) is 5.48 Å². The van der Waals surface area contributed by atoms with Gasteiger partial charge in [-0.2, -0.15) is 0 Å². The zero-order valence-corrected chi connectivity index (χ0v) is 18.9. The largest absolute Gasteiger partial charge is 0.481 e. The Balaban J connectivity index is 2.15. The maximum atomic E-state index is 12.7. The average Bonchev–Trinajstić information content (AvgIpc) is 2.84. The molecule has 0 heterocycles. The first-order valence-electron chi connectivity index (χ1n) is 10.8. The van der Waals surface area contributed by atoms with Gasteiger partial charge < -0.3 is 20.8 Å². The molecule has 0 aliphatic carbocycles. The molecule has 10 heteroatoms. The molecule has 6 N–H and O–H groups in total. The van der Waals surface area contributed by atoms with Crippen molar-refractivity contribution in [2.45, 2.75) is 51.3 Å². The van der Waals surface area contributed by atoms with Gasteiger partial charge in [-0.3, -0.25) is 24.4 Å². The number of carbonyl (C=O) groups is 4. The molecule has 0 saturated carbocycles. The van der Waals surface area contributed by atoms with Gasteiger partial charge in [0, 0.05) is 12.0 Å². The highest BCUT2D eigenvalue weighted by atomic mass is 16.5. The van der Waals surface area contributed by atoms with E-state index < -0.39 is 48.3 Å². The lowest BCUT2D eigenvalue weighted by Gasteiger charge is -2.23. The van der Waals surface area contributed by atoms with Crippen molar-refractivity contribution in [1.29, 1.82) is 0 Å². The molecule has 0 fully saturated rings. The average molecular weight is 472 g/mol. The molecule has 2 rings (SSSR count). The van der Waals surface area contributed by atoms with Crippen LogP contribution in [0.2, 0.25) is 0 Å². The molecule has 0 saturated heterocycles. The molecule has 0 aliphatic rings. The van der Waals surface area contributed by atoms with Gasteiger partial charge in [0.25, 0.3) is 11.8 Å². The van der Waals surface area contributed by atoms with E-state index in [9.17, 15) is 24.3 Å². The van der Waals surface area contributed by atoms with Gasteiger partial charge in [-0.05, 0) is 48.6 Å². The Kier molecular flexibility index (Phi) is 9.72. The molecular formula is C24H29N3O7. The fourth-order valence-electron chi connectivity index (χ4n) is 3.25. The number of carbonyl (C=O) groups excluding carboxylic acids is 3. The Bertz CT molecular complexity index is 1000. The van der Waals surface area contributed by atoms with Crippen LogP contribution in [-0.4, -0.2) is 57.3 Å². The van der Waals surface area contributed by atoms with Gasteiger partial charge in [0.2, 0.25) is 5.91 Å². The molecule has 0 aliphatic heterocycles. The smallest absolute Gasteiger partial charge is 0.303 e. The van der Waals surface area contributed by atoms with Gasteiger partial charge in [-0.1, -0.05) is 43.3 Å². The zero-order chi connectivity index (χ0) is 25.3. The first kappa shape index (κ1) is 26.5. The second-order valence-electron chi connectivity index (χ2n) is 7.79. The highest BCUT2D eigenvalue weighted by Crippen LogP contribution is 2.20. The lowest BCUT2D eigenvalue weighted by Crippen LogP contribution is -2.57. The Morgan fingerprint density at radius 2 is 1.44 bits per heavy atom. The van der Waals surface area contributed by atoms with Crippen molar-refractivity contribution in [2.75, 3.05) is 0 Å². The van der Waals surface area contributed by atoms with Crippen LogP contribution in [0.4, 0.5) is 0 Å². The van der Waals surface area contributed by atoms with Crippen molar-refractivity contribution in [1.82, 2.24) is 16.1 Å². The number of carboxylic acids is 1. The van der Waals surface area contributed by atoms with Crippen LogP contribution in [-0.2, 0) is 20.8 Å². The third-order valence-electron chi connectivity index (χ3n) is 5.28. The Morgan fingerprint density at radius 1 is 0.882 bits per heavy atom. The monoisotopic (exact) mass is 471 g/mol. The maximum absolute atomic E-state index is 12.7. The van der Waals surface area contributed by atoms with E-state index >= 15 is 0 Å². The lowest BCUT2D eigenvalue weighted by molar-refractivity contribution is -0.139. The number of aliphatic hydroxyl groups is 1. The number of aliphatic carboxylic acids is 1. The minimum absolute atomic E-state index is 0.248. The highest BCUT2D eigenvalue weighted by molar-refractivity contribution is 5.98. The minimum atomic E-state index is -1.50. The van der Waals surface area contributed by atoms with Crippen molar-refractivity contribution in [3.8, 4) is 11.1 Å². The van der Waals surface area contributed by atoms with E-state index in [0.717, 1.165) is 17.5 Å². The highest BCUT2D eigenvalue weighted by Gasteiger charge is 2.30. The molecule has 0 aromatic heterocycles. The second kappa shape index (κ2) is 12.5. The summed E-state index contributed by atoms with van der Waals surface area (Å²) in [6.45, 7) is 3.29. The van der Waals surface area contributed by atoms with Crippen molar-refractivity contribution in [3.63, 3.8) is 0 Å². The van der Waals surface area contributed by atoms with Crippen LogP contribution in [0.15, 0.2) is 48.5 Å². The number of hydrogen-bond donors (Lipinski definition) is 6. The van der Waals surface area contributed by atoms with Crippen molar-refractivity contribution in [2.24, 2.45) is 0 Å². The molecule has 2 aromatic carbocycles. The van der Waals surface area contributed by atoms with E-state index in [4.69, 9.17) is 10.3 Å². The second-order valence-corrected chi connectivity index (χ2v) is 7.79. The van der Waals surface area contributed by atoms with Gasteiger partial charge in [0.05, 0.1) is 6.10 Å². The Morgan fingerprint density at radius 3 is 1.91 bits per heavy atom. The molecule has 10 nitrogen and oxygen atoms in total. The molecule has 34 heavy (non-hydrogen) atoms. The molecule has 3 amide bonds. The predicted octanol–water partition coefficient (Wildman–Crippen LogP) is 1.25. The predicted molar refractivity (Wildman–Crippen MR) is 123 cm³/mol. The van der Waals surface area contributed by atoms with Crippen molar-refractivity contribution >= 4 is 23.7 Å². The summed E-state index contributed by atoms with van der Waals surface area (Å²) in [6.07, 6.45) is -1.09. The van der Waals surface area contributed by atoms with Gasteiger partial charge in [-0.15, -0.1) is 0 Å². The molecule has 1 unspecified atom stereocenters. The van der Waals surface area contributed by atoms with Crippen LogP contribution < -0.4 is 16.1 Å². The number of rotatable bonds is 11.